The van der Waals surface area contributed by atoms with E-state index in [1.54, 1.807) is 7.11 Å². The van der Waals surface area contributed by atoms with Gasteiger partial charge in [0.05, 0.1) is 0 Å². The van der Waals surface area contributed by atoms with Gasteiger partial charge in [-0.05, 0) is 25.7 Å². The second kappa shape index (κ2) is 4.28. The normalized spacial score (nSPS) is 35.6. The Kier molecular flexibility index (Phi) is 3.03. The summed E-state index contributed by atoms with van der Waals surface area (Å²) in [6.45, 7) is 0.180. The van der Waals surface area contributed by atoms with Crippen molar-refractivity contribution in [2.75, 3.05) is 13.7 Å². The average Bonchev–Trinajstić information content (AvgIpc) is 2.46. The third-order valence-corrected chi connectivity index (χ3v) is 3.11. The van der Waals surface area contributed by atoms with Gasteiger partial charge in [-0.1, -0.05) is 0 Å². The number of hydrogen-bond donors (Lipinski definition) is 2. The lowest BCUT2D eigenvalue weighted by Crippen LogP contribution is -2.48. The van der Waals surface area contributed by atoms with E-state index in [0.717, 1.165) is 12.8 Å². The third-order valence-electron chi connectivity index (χ3n) is 3.11. The minimum Gasteiger partial charge on any atom is -0.375 e. The topological polar surface area (TPSA) is 50.4 Å². The molecule has 0 aromatic carbocycles. The fourth-order valence-corrected chi connectivity index (χ4v) is 2.58. The van der Waals surface area contributed by atoms with Gasteiger partial charge in [0.1, 0.15) is 6.61 Å². The Hall–Kier alpha value is -0.610. The summed E-state index contributed by atoms with van der Waals surface area (Å²) < 4.78 is 4.79. The van der Waals surface area contributed by atoms with Gasteiger partial charge in [-0.3, -0.25) is 4.79 Å². The summed E-state index contributed by atoms with van der Waals surface area (Å²) in [6.07, 6.45) is 4.68. The van der Waals surface area contributed by atoms with E-state index >= 15 is 0 Å². The van der Waals surface area contributed by atoms with Crippen LogP contribution in [0.1, 0.15) is 25.7 Å². The van der Waals surface area contributed by atoms with Gasteiger partial charge in [0.25, 0.3) is 0 Å². The highest BCUT2D eigenvalue weighted by Crippen LogP contribution is 2.26. The van der Waals surface area contributed by atoms with Crippen molar-refractivity contribution in [1.82, 2.24) is 10.6 Å². The first-order valence-electron chi connectivity index (χ1n) is 5.32. The first-order valence-corrected chi connectivity index (χ1v) is 5.32. The Bertz CT molecular complexity index is 208. The summed E-state index contributed by atoms with van der Waals surface area (Å²) in [5.74, 6) is 0.0128. The number of methoxy groups -OCH3 is 1. The number of carbonyl (C=O) groups is 1. The highest BCUT2D eigenvalue weighted by Gasteiger charge is 2.33. The molecule has 0 aliphatic carbocycles. The Labute approximate surface area is 84.4 Å². The van der Waals surface area contributed by atoms with Crippen molar-refractivity contribution in [1.29, 1.82) is 0 Å². The zero-order valence-electron chi connectivity index (χ0n) is 8.58. The van der Waals surface area contributed by atoms with Gasteiger partial charge in [0, 0.05) is 25.2 Å². The molecule has 2 bridgehead atoms. The predicted molar refractivity (Wildman–Crippen MR) is 53.0 cm³/mol. The maximum absolute atomic E-state index is 11.3. The summed E-state index contributed by atoms with van der Waals surface area (Å²) >= 11 is 0. The molecule has 0 saturated carbocycles. The molecule has 2 fully saturated rings. The van der Waals surface area contributed by atoms with Crippen LogP contribution >= 0.6 is 0 Å². The van der Waals surface area contributed by atoms with E-state index in [9.17, 15) is 4.79 Å². The van der Waals surface area contributed by atoms with Gasteiger partial charge in [-0.2, -0.15) is 0 Å². The summed E-state index contributed by atoms with van der Waals surface area (Å²) in [7, 11) is 1.55. The van der Waals surface area contributed by atoms with Gasteiger partial charge >= 0.3 is 0 Å². The molecule has 2 aliphatic heterocycles. The van der Waals surface area contributed by atoms with Crippen molar-refractivity contribution in [3.63, 3.8) is 0 Å². The number of rotatable bonds is 3. The molecule has 14 heavy (non-hydrogen) atoms. The predicted octanol–water partition coefficient (Wildman–Crippen LogP) is 0.0320. The van der Waals surface area contributed by atoms with Crippen molar-refractivity contribution in [3.05, 3.63) is 0 Å². The highest BCUT2D eigenvalue weighted by atomic mass is 16.5. The molecule has 1 amide bonds. The first kappa shape index (κ1) is 9.93. The van der Waals surface area contributed by atoms with Gasteiger partial charge in [0.2, 0.25) is 5.91 Å². The minimum atomic E-state index is 0.0128. The monoisotopic (exact) mass is 198 g/mol. The second-order valence-electron chi connectivity index (χ2n) is 4.31. The second-order valence-corrected chi connectivity index (χ2v) is 4.31. The molecule has 0 unspecified atom stereocenters. The minimum absolute atomic E-state index is 0.0128. The van der Waals surface area contributed by atoms with E-state index < -0.39 is 0 Å². The molecule has 4 nitrogen and oxygen atoms in total. The Morgan fingerprint density at radius 1 is 1.43 bits per heavy atom. The van der Waals surface area contributed by atoms with Crippen molar-refractivity contribution in [2.24, 2.45) is 0 Å². The highest BCUT2D eigenvalue weighted by molar-refractivity contribution is 5.77. The van der Waals surface area contributed by atoms with Crippen LogP contribution in [-0.4, -0.2) is 37.7 Å². The quantitative estimate of drug-likeness (QED) is 0.673. The van der Waals surface area contributed by atoms with Crippen molar-refractivity contribution >= 4 is 5.91 Å². The fraction of sp³-hybridized carbons (Fsp3) is 0.900. The van der Waals surface area contributed by atoms with Crippen LogP contribution in [0.15, 0.2) is 0 Å². The van der Waals surface area contributed by atoms with Crippen molar-refractivity contribution in [3.8, 4) is 0 Å². The Morgan fingerprint density at radius 2 is 2.07 bits per heavy atom. The van der Waals surface area contributed by atoms with Gasteiger partial charge in [-0.15, -0.1) is 0 Å². The van der Waals surface area contributed by atoms with Crippen molar-refractivity contribution in [2.45, 2.75) is 43.8 Å². The molecule has 2 rings (SSSR count). The van der Waals surface area contributed by atoms with E-state index in [2.05, 4.69) is 10.6 Å². The number of ether oxygens (including phenoxy) is 1. The molecule has 2 heterocycles. The summed E-state index contributed by atoms with van der Waals surface area (Å²) in [4.78, 5) is 11.3. The van der Waals surface area contributed by atoms with E-state index in [-0.39, 0.29) is 12.5 Å². The summed E-state index contributed by atoms with van der Waals surface area (Å²) in [5, 5.41) is 6.56. The SMILES string of the molecule is COCC(=O)NC1C[C@H]2CC[C@H](C1)N2. The van der Waals surface area contributed by atoms with Crippen LogP contribution in [0.5, 0.6) is 0 Å². The number of fused-ring (bicyclic) bond motifs is 2. The number of amides is 1. The Balaban J connectivity index is 1.79. The van der Waals surface area contributed by atoms with Gasteiger partial charge in [0.15, 0.2) is 0 Å². The largest absolute Gasteiger partial charge is 0.375 e. The molecule has 0 aromatic rings. The molecule has 0 radical (unpaired) electrons. The first-order chi connectivity index (χ1) is 6.78. The van der Waals surface area contributed by atoms with Crippen molar-refractivity contribution < 1.29 is 9.53 Å². The zero-order valence-corrected chi connectivity index (χ0v) is 8.58. The van der Waals surface area contributed by atoms with Crippen LogP contribution in [0.2, 0.25) is 0 Å². The number of nitrogens with one attached hydrogen (secondary N) is 2. The fourth-order valence-electron chi connectivity index (χ4n) is 2.58. The molecule has 0 aromatic heterocycles. The number of piperidine rings is 1. The molecular formula is C10H18N2O2. The van der Waals surface area contributed by atoms with Crippen LogP contribution in [0.3, 0.4) is 0 Å². The molecule has 2 aliphatic rings. The molecule has 2 atom stereocenters. The lowest BCUT2D eigenvalue weighted by Gasteiger charge is -2.29. The van der Waals surface area contributed by atoms with E-state index in [1.807, 2.05) is 0 Å². The van der Waals surface area contributed by atoms with Gasteiger partial charge in [-0.25, -0.2) is 0 Å². The van der Waals surface area contributed by atoms with Crippen LogP contribution < -0.4 is 10.6 Å². The molecule has 2 saturated heterocycles. The molecule has 4 heteroatoms. The van der Waals surface area contributed by atoms with Crippen LogP contribution in [0.4, 0.5) is 0 Å². The van der Waals surface area contributed by atoms with E-state index in [0.29, 0.717) is 18.1 Å². The average molecular weight is 198 g/mol. The van der Waals surface area contributed by atoms with E-state index in [4.69, 9.17) is 4.74 Å². The smallest absolute Gasteiger partial charge is 0.246 e. The Morgan fingerprint density at radius 3 is 2.64 bits per heavy atom. The maximum atomic E-state index is 11.3. The summed E-state index contributed by atoms with van der Waals surface area (Å²) in [6, 6.07) is 1.61. The third kappa shape index (κ3) is 2.25. The summed E-state index contributed by atoms with van der Waals surface area (Å²) in [5.41, 5.74) is 0. The molecule has 0 spiro atoms. The molecule has 80 valence electrons. The zero-order chi connectivity index (χ0) is 9.97. The lowest BCUT2D eigenvalue weighted by molar-refractivity contribution is -0.125. The van der Waals surface area contributed by atoms with Crippen LogP contribution in [-0.2, 0) is 9.53 Å². The van der Waals surface area contributed by atoms with E-state index in [1.165, 1.54) is 12.8 Å². The standard InChI is InChI=1S/C10H18N2O2/c1-14-6-10(13)12-9-4-7-2-3-8(5-9)11-7/h7-9,11H,2-6H2,1H3,(H,12,13)/t7-,8-/m1/s1. The lowest BCUT2D eigenvalue weighted by atomic mass is 10.00. The van der Waals surface area contributed by atoms with Crippen LogP contribution in [0.25, 0.3) is 0 Å². The maximum Gasteiger partial charge on any atom is 0.246 e. The number of hydrogen-bond acceptors (Lipinski definition) is 3. The molecule has 2 N–H and O–H groups in total. The van der Waals surface area contributed by atoms with Gasteiger partial charge < -0.3 is 15.4 Å². The molecular weight excluding hydrogens is 180 g/mol. The number of carbonyl (C=O) groups excluding carboxylic acids is 1. The van der Waals surface area contributed by atoms with Crippen LogP contribution in [0, 0.1) is 0 Å².